The van der Waals surface area contributed by atoms with Crippen LogP contribution in [0.4, 0.5) is 5.69 Å². The standard InChI is InChI=1S/C10H15N5/c1-5-9-10(15(11)8(4)13-5)6(2)12-7(3)14-9/h8H,11H2,1-4H3. The number of aliphatic imine (C=N–C) groups is 1. The van der Waals surface area contributed by atoms with Gasteiger partial charge in [0.15, 0.2) is 0 Å². The summed E-state index contributed by atoms with van der Waals surface area (Å²) in [5.74, 6) is 6.70. The van der Waals surface area contributed by atoms with Crippen molar-refractivity contribution in [3.63, 3.8) is 0 Å². The van der Waals surface area contributed by atoms with E-state index in [1.54, 1.807) is 5.01 Å². The third kappa shape index (κ3) is 1.48. The maximum atomic E-state index is 5.95. The molecular formula is C10H15N5. The van der Waals surface area contributed by atoms with E-state index in [4.69, 9.17) is 5.84 Å². The van der Waals surface area contributed by atoms with Crippen molar-refractivity contribution >= 4 is 11.4 Å². The second-order valence-corrected chi connectivity index (χ2v) is 3.81. The van der Waals surface area contributed by atoms with Crippen LogP contribution in [0.15, 0.2) is 4.99 Å². The summed E-state index contributed by atoms with van der Waals surface area (Å²) in [7, 11) is 0. The maximum absolute atomic E-state index is 5.95. The molecule has 0 aromatic carbocycles. The van der Waals surface area contributed by atoms with Gasteiger partial charge in [-0.2, -0.15) is 0 Å². The first-order valence-corrected chi connectivity index (χ1v) is 4.94. The van der Waals surface area contributed by atoms with Crippen molar-refractivity contribution in [3.8, 4) is 0 Å². The zero-order chi connectivity index (χ0) is 11.2. The van der Waals surface area contributed by atoms with Crippen molar-refractivity contribution in [2.75, 3.05) is 5.01 Å². The predicted octanol–water partition coefficient (Wildman–Crippen LogP) is 0.942. The molecule has 1 atom stereocenters. The quantitative estimate of drug-likeness (QED) is 0.640. The number of anilines is 1. The van der Waals surface area contributed by atoms with Crippen LogP contribution in [0.1, 0.15) is 31.1 Å². The lowest BCUT2D eigenvalue weighted by molar-refractivity contribution is 0.665. The van der Waals surface area contributed by atoms with Crippen LogP contribution in [0.25, 0.3) is 0 Å². The molecule has 1 aromatic rings. The van der Waals surface area contributed by atoms with Crippen molar-refractivity contribution < 1.29 is 0 Å². The van der Waals surface area contributed by atoms with E-state index in [1.807, 2.05) is 27.7 Å². The third-order valence-electron chi connectivity index (χ3n) is 2.55. The Labute approximate surface area is 89.0 Å². The van der Waals surface area contributed by atoms with Crippen LogP contribution in [-0.2, 0) is 0 Å². The van der Waals surface area contributed by atoms with Crippen molar-refractivity contribution in [2.24, 2.45) is 10.8 Å². The molecule has 0 bridgehead atoms. The molecular weight excluding hydrogens is 190 g/mol. The second kappa shape index (κ2) is 3.27. The maximum Gasteiger partial charge on any atom is 0.132 e. The summed E-state index contributed by atoms with van der Waals surface area (Å²) in [6.45, 7) is 7.72. The molecule has 0 saturated heterocycles. The summed E-state index contributed by atoms with van der Waals surface area (Å²) >= 11 is 0. The van der Waals surface area contributed by atoms with Gasteiger partial charge in [-0.1, -0.05) is 0 Å². The minimum atomic E-state index is -0.0532. The van der Waals surface area contributed by atoms with E-state index in [0.29, 0.717) is 0 Å². The van der Waals surface area contributed by atoms with Crippen LogP contribution in [0, 0.1) is 13.8 Å². The molecule has 0 spiro atoms. The third-order valence-corrected chi connectivity index (χ3v) is 2.55. The van der Waals surface area contributed by atoms with Crippen molar-refractivity contribution in [2.45, 2.75) is 33.9 Å². The molecule has 0 radical (unpaired) electrons. The Morgan fingerprint density at radius 3 is 2.53 bits per heavy atom. The van der Waals surface area contributed by atoms with Gasteiger partial charge in [0.2, 0.25) is 0 Å². The zero-order valence-electron chi connectivity index (χ0n) is 9.44. The molecule has 2 N–H and O–H groups in total. The average Bonchev–Trinajstić information content (AvgIpc) is 2.13. The van der Waals surface area contributed by atoms with E-state index in [-0.39, 0.29) is 6.17 Å². The van der Waals surface area contributed by atoms with Gasteiger partial charge in [0.25, 0.3) is 0 Å². The zero-order valence-corrected chi connectivity index (χ0v) is 9.44. The summed E-state index contributed by atoms with van der Waals surface area (Å²) in [4.78, 5) is 13.1. The van der Waals surface area contributed by atoms with Crippen molar-refractivity contribution in [1.29, 1.82) is 0 Å². The van der Waals surface area contributed by atoms with Gasteiger partial charge in [0, 0.05) is 0 Å². The summed E-state index contributed by atoms with van der Waals surface area (Å²) in [6.07, 6.45) is -0.0532. The molecule has 5 heteroatoms. The fourth-order valence-electron chi connectivity index (χ4n) is 1.86. The molecule has 0 fully saturated rings. The smallest absolute Gasteiger partial charge is 0.132 e. The highest BCUT2D eigenvalue weighted by Crippen LogP contribution is 2.26. The first kappa shape index (κ1) is 10.0. The molecule has 15 heavy (non-hydrogen) atoms. The lowest BCUT2D eigenvalue weighted by Gasteiger charge is -2.30. The topological polar surface area (TPSA) is 67.4 Å². The van der Waals surface area contributed by atoms with Gasteiger partial charge in [-0.3, -0.25) is 10.0 Å². The first-order chi connectivity index (χ1) is 7.00. The molecule has 2 heterocycles. The van der Waals surface area contributed by atoms with E-state index in [0.717, 1.165) is 28.6 Å². The molecule has 1 aromatic heterocycles. The molecule has 0 saturated carbocycles. The second-order valence-electron chi connectivity index (χ2n) is 3.81. The van der Waals surface area contributed by atoms with Crippen molar-refractivity contribution in [1.82, 2.24) is 9.97 Å². The lowest BCUT2D eigenvalue weighted by atomic mass is 10.1. The fraction of sp³-hybridized carbons (Fsp3) is 0.500. The summed E-state index contributed by atoms with van der Waals surface area (Å²) < 4.78 is 0. The van der Waals surface area contributed by atoms with Gasteiger partial charge in [-0.25, -0.2) is 15.8 Å². The summed E-state index contributed by atoms with van der Waals surface area (Å²) in [5, 5.41) is 1.62. The first-order valence-electron chi connectivity index (χ1n) is 4.94. The Kier molecular flexibility index (Phi) is 2.19. The van der Waals surface area contributed by atoms with Gasteiger partial charge in [-0.05, 0) is 27.7 Å². The Morgan fingerprint density at radius 2 is 1.87 bits per heavy atom. The number of hydrazine groups is 1. The molecule has 1 aliphatic heterocycles. The van der Waals surface area contributed by atoms with Gasteiger partial charge < -0.3 is 0 Å². The Hall–Kier alpha value is -1.49. The van der Waals surface area contributed by atoms with E-state index in [9.17, 15) is 0 Å². The van der Waals surface area contributed by atoms with Crippen LogP contribution in [0.3, 0.4) is 0 Å². The lowest BCUT2D eigenvalue weighted by Crippen LogP contribution is -2.43. The number of fused-ring (bicyclic) bond motifs is 1. The van der Waals surface area contributed by atoms with Gasteiger partial charge >= 0.3 is 0 Å². The molecule has 1 aliphatic rings. The highest BCUT2D eigenvalue weighted by molar-refractivity contribution is 6.03. The summed E-state index contributed by atoms with van der Waals surface area (Å²) in [6, 6.07) is 0. The number of hydrogen-bond acceptors (Lipinski definition) is 5. The summed E-state index contributed by atoms with van der Waals surface area (Å²) in [5.41, 5.74) is 3.56. The van der Waals surface area contributed by atoms with Gasteiger partial charge in [0.05, 0.1) is 11.4 Å². The number of aryl methyl sites for hydroxylation is 2. The molecule has 5 nitrogen and oxygen atoms in total. The van der Waals surface area contributed by atoms with E-state index < -0.39 is 0 Å². The number of rotatable bonds is 0. The number of aromatic nitrogens is 2. The van der Waals surface area contributed by atoms with Crippen molar-refractivity contribution in [3.05, 3.63) is 17.2 Å². The van der Waals surface area contributed by atoms with Crippen LogP contribution in [-0.4, -0.2) is 21.8 Å². The predicted molar refractivity (Wildman–Crippen MR) is 59.8 cm³/mol. The Bertz CT molecular complexity index is 438. The number of nitrogens with zero attached hydrogens (tertiary/aromatic N) is 4. The largest absolute Gasteiger partial charge is 0.283 e. The molecule has 0 amide bonds. The van der Waals surface area contributed by atoms with E-state index in [2.05, 4.69) is 15.0 Å². The van der Waals surface area contributed by atoms with Crippen LogP contribution >= 0.6 is 0 Å². The Morgan fingerprint density at radius 1 is 1.20 bits per heavy atom. The highest BCUT2D eigenvalue weighted by atomic mass is 15.5. The molecule has 0 aliphatic carbocycles. The number of hydrogen-bond donors (Lipinski definition) is 1. The Balaban J connectivity index is 2.69. The number of nitrogens with two attached hydrogens (primary N) is 1. The molecule has 1 unspecified atom stereocenters. The average molecular weight is 205 g/mol. The fourth-order valence-corrected chi connectivity index (χ4v) is 1.86. The molecule has 80 valence electrons. The van der Waals surface area contributed by atoms with Crippen LogP contribution in [0.2, 0.25) is 0 Å². The van der Waals surface area contributed by atoms with E-state index >= 15 is 0 Å². The van der Waals surface area contributed by atoms with Crippen LogP contribution < -0.4 is 10.9 Å². The monoisotopic (exact) mass is 205 g/mol. The van der Waals surface area contributed by atoms with Gasteiger partial charge in [0.1, 0.15) is 23.4 Å². The minimum absolute atomic E-state index is 0.0532. The van der Waals surface area contributed by atoms with Gasteiger partial charge in [-0.15, -0.1) is 0 Å². The van der Waals surface area contributed by atoms with Crippen LogP contribution in [0.5, 0.6) is 0 Å². The normalized spacial score (nSPS) is 19.9. The highest BCUT2D eigenvalue weighted by Gasteiger charge is 2.24. The molecule has 2 rings (SSSR count). The minimum Gasteiger partial charge on any atom is -0.283 e. The van der Waals surface area contributed by atoms with E-state index in [1.165, 1.54) is 0 Å². The SMILES string of the molecule is CC1=NC(C)N(N)c2c(C)nc(C)nc21.